The first-order valence-electron chi connectivity index (χ1n) is 5.72. The number of alkyl halides is 3. The number of hydrogen-bond acceptors (Lipinski definition) is 3. The molecule has 1 unspecified atom stereocenters. The van der Waals surface area contributed by atoms with Crippen LogP contribution in [0.25, 0.3) is 0 Å². The summed E-state index contributed by atoms with van der Waals surface area (Å²) in [5.41, 5.74) is -1.90. The van der Waals surface area contributed by atoms with Crippen molar-refractivity contribution in [2.45, 2.75) is 24.9 Å². The minimum atomic E-state index is -4.49. The van der Waals surface area contributed by atoms with Crippen LogP contribution in [0, 0.1) is 5.41 Å². The molecule has 112 valence electrons. The molecule has 0 aliphatic heterocycles. The predicted octanol–water partition coefficient (Wildman–Crippen LogP) is 3.01. The summed E-state index contributed by atoms with van der Waals surface area (Å²) in [7, 11) is -0.515. The van der Waals surface area contributed by atoms with Crippen molar-refractivity contribution in [1.82, 2.24) is 0 Å². The van der Waals surface area contributed by atoms with Crippen LogP contribution in [0.15, 0.2) is 29.2 Å². The van der Waals surface area contributed by atoms with Crippen molar-refractivity contribution in [3.63, 3.8) is 0 Å². The Balaban J connectivity index is 2.97. The number of hydrogen-bond donors (Lipinski definition) is 0. The molecule has 0 saturated carbocycles. The average Bonchev–Trinajstić information content (AvgIpc) is 2.36. The maximum atomic E-state index is 12.6. The smallest absolute Gasteiger partial charge is 0.416 e. The van der Waals surface area contributed by atoms with E-state index in [2.05, 4.69) is 4.74 Å². The molecule has 7 heteroatoms. The van der Waals surface area contributed by atoms with Crippen LogP contribution in [-0.2, 0) is 26.5 Å². The molecule has 0 heterocycles. The van der Waals surface area contributed by atoms with Gasteiger partial charge in [0.1, 0.15) is 0 Å². The van der Waals surface area contributed by atoms with Crippen LogP contribution >= 0.6 is 0 Å². The third kappa shape index (κ3) is 4.06. The number of rotatable bonds is 4. The summed E-state index contributed by atoms with van der Waals surface area (Å²) < 4.78 is 54.4. The number of methoxy groups -OCH3 is 1. The molecule has 20 heavy (non-hydrogen) atoms. The zero-order chi connectivity index (χ0) is 15.6. The molecule has 1 atom stereocenters. The van der Waals surface area contributed by atoms with Gasteiger partial charge in [0.2, 0.25) is 0 Å². The van der Waals surface area contributed by atoms with Crippen molar-refractivity contribution in [2.24, 2.45) is 5.41 Å². The monoisotopic (exact) mass is 308 g/mol. The van der Waals surface area contributed by atoms with E-state index in [4.69, 9.17) is 0 Å². The molecule has 1 aromatic carbocycles. The van der Waals surface area contributed by atoms with E-state index in [9.17, 15) is 22.2 Å². The molecule has 0 fully saturated rings. The summed E-state index contributed by atoms with van der Waals surface area (Å²) >= 11 is 0. The van der Waals surface area contributed by atoms with E-state index in [1.54, 1.807) is 0 Å². The highest BCUT2D eigenvalue weighted by molar-refractivity contribution is 7.85. The Morgan fingerprint density at radius 2 is 1.90 bits per heavy atom. The number of carbonyl (C=O) groups is 1. The second kappa shape index (κ2) is 5.95. The molecule has 0 aromatic heterocycles. The van der Waals surface area contributed by atoms with E-state index < -0.39 is 33.9 Å². The van der Waals surface area contributed by atoms with Crippen LogP contribution in [0.1, 0.15) is 19.4 Å². The van der Waals surface area contributed by atoms with Gasteiger partial charge in [-0.05, 0) is 32.0 Å². The highest BCUT2D eigenvalue weighted by atomic mass is 32.2. The molecule has 1 aromatic rings. The van der Waals surface area contributed by atoms with Crippen LogP contribution in [0.3, 0.4) is 0 Å². The van der Waals surface area contributed by atoms with E-state index in [1.807, 2.05) is 0 Å². The first kappa shape index (κ1) is 16.7. The van der Waals surface area contributed by atoms with E-state index in [1.165, 1.54) is 33.1 Å². The molecule has 0 spiro atoms. The fraction of sp³-hybridized carbons (Fsp3) is 0.462. The van der Waals surface area contributed by atoms with Crippen LogP contribution in [0.2, 0.25) is 0 Å². The quantitative estimate of drug-likeness (QED) is 0.803. The summed E-state index contributed by atoms with van der Waals surface area (Å²) in [5.74, 6) is -0.668. The highest BCUT2D eigenvalue weighted by Crippen LogP contribution is 2.31. The van der Waals surface area contributed by atoms with Gasteiger partial charge >= 0.3 is 12.1 Å². The molecule has 3 nitrogen and oxygen atoms in total. The lowest BCUT2D eigenvalue weighted by atomic mass is 9.97. The third-order valence-electron chi connectivity index (χ3n) is 2.65. The van der Waals surface area contributed by atoms with Crippen LogP contribution in [0.4, 0.5) is 13.2 Å². The summed E-state index contributed by atoms with van der Waals surface area (Å²) in [5, 5.41) is 0. The second-order valence-electron chi connectivity index (χ2n) is 4.89. The zero-order valence-electron chi connectivity index (χ0n) is 11.3. The maximum Gasteiger partial charge on any atom is 0.416 e. The Morgan fingerprint density at radius 3 is 2.40 bits per heavy atom. The Hall–Kier alpha value is -1.37. The van der Waals surface area contributed by atoms with Gasteiger partial charge in [0.15, 0.2) is 0 Å². The van der Waals surface area contributed by atoms with Crippen LogP contribution < -0.4 is 0 Å². The van der Waals surface area contributed by atoms with Gasteiger partial charge in [-0.15, -0.1) is 0 Å². The molecule has 1 rings (SSSR count). The molecule has 0 saturated heterocycles. The van der Waals surface area contributed by atoms with Gasteiger partial charge in [-0.25, -0.2) is 0 Å². The molecule has 0 radical (unpaired) electrons. The van der Waals surface area contributed by atoms with Gasteiger partial charge in [-0.1, -0.05) is 6.07 Å². The van der Waals surface area contributed by atoms with Gasteiger partial charge in [0, 0.05) is 10.6 Å². The number of esters is 1. The fourth-order valence-electron chi connectivity index (χ4n) is 1.56. The Labute approximate surface area is 117 Å². The summed E-state index contributed by atoms with van der Waals surface area (Å²) in [6.07, 6.45) is -4.49. The van der Waals surface area contributed by atoms with Crippen molar-refractivity contribution < 1.29 is 26.9 Å². The number of ether oxygens (including phenoxy) is 1. The van der Waals surface area contributed by atoms with Gasteiger partial charge in [0.05, 0.1) is 28.9 Å². The fourth-order valence-corrected chi connectivity index (χ4v) is 2.99. The molecule has 0 amide bonds. The van der Waals surface area contributed by atoms with Gasteiger partial charge in [-0.2, -0.15) is 13.2 Å². The largest absolute Gasteiger partial charge is 0.469 e. The van der Waals surface area contributed by atoms with E-state index >= 15 is 0 Å². The minimum absolute atomic E-state index is 0.0387. The first-order valence-corrected chi connectivity index (χ1v) is 7.04. The minimum Gasteiger partial charge on any atom is -0.469 e. The Kier molecular flexibility index (Phi) is 4.96. The molecule has 0 N–H and O–H groups in total. The second-order valence-corrected chi connectivity index (χ2v) is 6.34. The highest BCUT2D eigenvalue weighted by Gasteiger charge is 2.33. The number of carbonyl (C=O) groups excluding carboxylic acids is 1. The van der Waals surface area contributed by atoms with Crippen molar-refractivity contribution in [2.75, 3.05) is 12.9 Å². The maximum absolute atomic E-state index is 12.6. The Morgan fingerprint density at radius 1 is 1.30 bits per heavy atom. The Bertz CT molecular complexity index is 524. The summed E-state index contributed by atoms with van der Waals surface area (Å²) in [6.45, 7) is 3.06. The number of halogens is 3. The van der Waals surface area contributed by atoms with Crippen molar-refractivity contribution >= 4 is 16.8 Å². The normalized spacial score (nSPS) is 13.9. The topological polar surface area (TPSA) is 43.4 Å². The van der Waals surface area contributed by atoms with Gasteiger partial charge in [0.25, 0.3) is 0 Å². The lowest BCUT2D eigenvalue weighted by Crippen LogP contribution is -2.31. The summed E-state index contributed by atoms with van der Waals surface area (Å²) in [6, 6.07) is 4.29. The molecule has 0 aliphatic carbocycles. The van der Waals surface area contributed by atoms with Crippen molar-refractivity contribution in [3.05, 3.63) is 29.8 Å². The molecule has 0 bridgehead atoms. The average molecular weight is 308 g/mol. The van der Waals surface area contributed by atoms with E-state index in [0.29, 0.717) is 0 Å². The van der Waals surface area contributed by atoms with E-state index in [-0.39, 0.29) is 10.6 Å². The first-order chi connectivity index (χ1) is 9.08. The lowest BCUT2D eigenvalue weighted by molar-refractivity contribution is -0.149. The SMILES string of the molecule is COC(=O)C(C)(C)CS(=O)c1cccc(C(F)(F)F)c1. The molecular formula is C13H15F3O3S. The molecular weight excluding hydrogens is 293 g/mol. The zero-order valence-corrected chi connectivity index (χ0v) is 12.1. The van der Waals surface area contributed by atoms with Crippen LogP contribution in [0.5, 0.6) is 0 Å². The van der Waals surface area contributed by atoms with Crippen LogP contribution in [-0.4, -0.2) is 23.0 Å². The van der Waals surface area contributed by atoms with Crippen molar-refractivity contribution in [1.29, 1.82) is 0 Å². The van der Waals surface area contributed by atoms with Crippen molar-refractivity contribution in [3.8, 4) is 0 Å². The standard InChI is InChI=1S/C13H15F3O3S/c1-12(2,11(17)19-3)8-20(18)10-6-4-5-9(7-10)13(14,15)16/h4-7H,8H2,1-3H3. The predicted molar refractivity (Wildman–Crippen MR) is 68.5 cm³/mol. The third-order valence-corrected chi connectivity index (χ3v) is 4.42. The van der Waals surface area contributed by atoms with Gasteiger partial charge in [-0.3, -0.25) is 9.00 Å². The lowest BCUT2D eigenvalue weighted by Gasteiger charge is -2.20. The summed E-state index contributed by atoms with van der Waals surface area (Å²) in [4.78, 5) is 11.5. The van der Waals surface area contributed by atoms with E-state index in [0.717, 1.165) is 12.1 Å². The van der Waals surface area contributed by atoms with Gasteiger partial charge < -0.3 is 4.74 Å². The molecule has 0 aliphatic rings. The number of benzene rings is 1.